The third-order valence-electron chi connectivity index (χ3n) is 1.91. The van der Waals surface area contributed by atoms with Crippen molar-refractivity contribution in [2.45, 2.75) is 45.1 Å². The van der Waals surface area contributed by atoms with Gasteiger partial charge in [0.2, 0.25) is 0 Å². The molecule has 0 heterocycles. The zero-order valence-electron chi connectivity index (χ0n) is 9.35. The minimum absolute atomic E-state index is 0.0988. The minimum Gasteiger partial charge on any atom is -0.481 e. The minimum atomic E-state index is -1.21. The summed E-state index contributed by atoms with van der Waals surface area (Å²) in [6, 6.07) is 0. The van der Waals surface area contributed by atoms with E-state index in [1.54, 1.807) is 0 Å². The van der Waals surface area contributed by atoms with Crippen LogP contribution in [-0.4, -0.2) is 34.9 Å². The molecule has 0 bridgehead atoms. The standard InChI is InChI=1S/C10H18O6/c1-2-3-4-7-15-16-8(10(13)14)5-6-9(11)12/h8H,2-7H2,1H3,(H,11,12)(H,13,14). The van der Waals surface area contributed by atoms with E-state index < -0.39 is 18.0 Å². The summed E-state index contributed by atoms with van der Waals surface area (Å²) in [4.78, 5) is 30.2. The summed E-state index contributed by atoms with van der Waals surface area (Å²) in [6.07, 6.45) is 1.24. The van der Waals surface area contributed by atoms with E-state index in [0.717, 1.165) is 19.3 Å². The average Bonchev–Trinajstić information content (AvgIpc) is 2.21. The van der Waals surface area contributed by atoms with Crippen molar-refractivity contribution in [3.05, 3.63) is 0 Å². The highest BCUT2D eigenvalue weighted by molar-refractivity contribution is 5.73. The second-order valence-corrected chi connectivity index (χ2v) is 3.38. The Morgan fingerprint density at radius 3 is 2.44 bits per heavy atom. The molecule has 0 saturated heterocycles. The second-order valence-electron chi connectivity index (χ2n) is 3.38. The first kappa shape index (κ1) is 14.9. The van der Waals surface area contributed by atoms with Crippen LogP contribution in [0.2, 0.25) is 0 Å². The number of unbranched alkanes of at least 4 members (excludes halogenated alkanes) is 2. The van der Waals surface area contributed by atoms with Crippen LogP contribution in [0.4, 0.5) is 0 Å². The number of hydrogen-bond acceptors (Lipinski definition) is 4. The van der Waals surface area contributed by atoms with Crippen molar-refractivity contribution in [1.29, 1.82) is 0 Å². The Morgan fingerprint density at radius 1 is 1.25 bits per heavy atom. The van der Waals surface area contributed by atoms with Gasteiger partial charge in [-0.25, -0.2) is 14.6 Å². The van der Waals surface area contributed by atoms with E-state index in [2.05, 4.69) is 4.89 Å². The highest BCUT2D eigenvalue weighted by atomic mass is 17.2. The van der Waals surface area contributed by atoms with Gasteiger partial charge in [-0.3, -0.25) is 4.79 Å². The summed E-state index contributed by atoms with van der Waals surface area (Å²) >= 11 is 0. The van der Waals surface area contributed by atoms with E-state index in [1.165, 1.54) is 0 Å². The van der Waals surface area contributed by atoms with Crippen LogP contribution in [0.5, 0.6) is 0 Å². The number of rotatable bonds is 10. The van der Waals surface area contributed by atoms with Crippen molar-refractivity contribution in [2.75, 3.05) is 6.61 Å². The molecule has 0 aliphatic heterocycles. The first-order chi connectivity index (χ1) is 7.57. The molecule has 0 aromatic carbocycles. The highest BCUT2D eigenvalue weighted by Crippen LogP contribution is 2.05. The van der Waals surface area contributed by atoms with Crippen LogP contribution in [0.1, 0.15) is 39.0 Å². The molecule has 94 valence electrons. The van der Waals surface area contributed by atoms with Gasteiger partial charge >= 0.3 is 11.9 Å². The summed E-state index contributed by atoms with van der Waals surface area (Å²) in [5, 5.41) is 17.1. The van der Waals surface area contributed by atoms with Crippen molar-refractivity contribution in [3.63, 3.8) is 0 Å². The predicted molar refractivity (Wildman–Crippen MR) is 54.9 cm³/mol. The number of aliphatic carboxylic acids is 2. The molecule has 0 saturated carbocycles. The fourth-order valence-electron chi connectivity index (χ4n) is 1.01. The smallest absolute Gasteiger partial charge is 0.336 e. The third-order valence-corrected chi connectivity index (χ3v) is 1.91. The Bertz CT molecular complexity index is 215. The molecule has 1 atom stereocenters. The summed E-state index contributed by atoms with van der Waals surface area (Å²) in [7, 11) is 0. The lowest BCUT2D eigenvalue weighted by Gasteiger charge is -2.11. The van der Waals surface area contributed by atoms with Crippen molar-refractivity contribution >= 4 is 11.9 Å². The third kappa shape index (κ3) is 8.19. The fourth-order valence-corrected chi connectivity index (χ4v) is 1.01. The molecule has 0 amide bonds. The van der Waals surface area contributed by atoms with Crippen molar-refractivity contribution in [2.24, 2.45) is 0 Å². The Hall–Kier alpha value is -1.14. The molecule has 6 heteroatoms. The highest BCUT2D eigenvalue weighted by Gasteiger charge is 2.20. The normalized spacial score (nSPS) is 12.3. The van der Waals surface area contributed by atoms with E-state index in [-0.39, 0.29) is 12.8 Å². The summed E-state index contributed by atoms with van der Waals surface area (Å²) in [6.45, 7) is 2.36. The Kier molecular flexibility index (Phi) is 8.46. The van der Waals surface area contributed by atoms with Gasteiger partial charge in [0.25, 0.3) is 0 Å². The Labute approximate surface area is 94.1 Å². The molecule has 1 unspecified atom stereocenters. The molecular weight excluding hydrogens is 216 g/mol. The van der Waals surface area contributed by atoms with Crippen LogP contribution < -0.4 is 0 Å². The molecular formula is C10H18O6. The number of hydrogen-bond donors (Lipinski definition) is 2. The lowest BCUT2D eigenvalue weighted by Crippen LogP contribution is -2.25. The van der Waals surface area contributed by atoms with Gasteiger partial charge in [-0.05, 0) is 12.8 Å². The molecule has 2 N–H and O–H groups in total. The molecule has 0 fully saturated rings. The largest absolute Gasteiger partial charge is 0.481 e. The summed E-state index contributed by atoms with van der Waals surface area (Å²) < 4.78 is 0. The molecule has 0 aromatic rings. The van der Waals surface area contributed by atoms with Gasteiger partial charge in [0.05, 0.1) is 6.61 Å². The number of carboxylic acids is 2. The van der Waals surface area contributed by atoms with Crippen LogP contribution in [0.3, 0.4) is 0 Å². The van der Waals surface area contributed by atoms with Crippen molar-refractivity contribution in [1.82, 2.24) is 0 Å². The maximum atomic E-state index is 10.6. The monoisotopic (exact) mass is 234 g/mol. The van der Waals surface area contributed by atoms with E-state index in [1.807, 2.05) is 6.92 Å². The zero-order chi connectivity index (χ0) is 12.4. The Balaban J connectivity index is 3.68. The van der Waals surface area contributed by atoms with Crippen LogP contribution >= 0.6 is 0 Å². The molecule has 16 heavy (non-hydrogen) atoms. The SMILES string of the molecule is CCCCCOOC(CCC(=O)O)C(=O)O. The first-order valence-corrected chi connectivity index (χ1v) is 5.30. The zero-order valence-corrected chi connectivity index (χ0v) is 9.35. The van der Waals surface area contributed by atoms with Gasteiger partial charge in [0.15, 0.2) is 6.10 Å². The van der Waals surface area contributed by atoms with Crippen molar-refractivity contribution in [3.8, 4) is 0 Å². The van der Waals surface area contributed by atoms with Crippen LogP contribution in [0, 0.1) is 0 Å². The fraction of sp³-hybridized carbons (Fsp3) is 0.800. The maximum Gasteiger partial charge on any atom is 0.336 e. The second kappa shape index (κ2) is 9.11. The van der Waals surface area contributed by atoms with E-state index in [0.29, 0.717) is 6.61 Å². The molecule has 0 rings (SSSR count). The van der Waals surface area contributed by atoms with Gasteiger partial charge in [0.1, 0.15) is 0 Å². The molecule has 0 aromatic heterocycles. The van der Waals surface area contributed by atoms with Crippen LogP contribution in [0.15, 0.2) is 0 Å². The van der Waals surface area contributed by atoms with Gasteiger partial charge in [-0.1, -0.05) is 19.8 Å². The molecule has 0 aliphatic carbocycles. The molecule has 6 nitrogen and oxygen atoms in total. The summed E-state index contributed by atoms with van der Waals surface area (Å²) in [5.74, 6) is -2.27. The lowest BCUT2D eigenvalue weighted by molar-refractivity contribution is -0.321. The topological polar surface area (TPSA) is 93.1 Å². The average molecular weight is 234 g/mol. The van der Waals surface area contributed by atoms with Crippen LogP contribution in [-0.2, 0) is 19.4 Å². The van der Waals surface area contributed by atoms with Gasteiger partial charge in [-0.2, -0.15) is 0 Å². The molecule has 0 aliphatic rings. The van der Waals surface area contributed by atoms with E-state index in [4.69, 9.17) is 15.1 Å². The maximum absolute atomic E-state index is 10.6. The van der Waals surface area contributed by atoms with E-state index >= 15 is 0 Å². The predicted octanol–water partition coefficient (Wildman–Crippen LogP) is 1.44. The van der Waals surface area contributed by atoms with Gasteiger partial charge in [0, 0.05) is 6.42 Å². The van der Waals surface area contributed by atoms with Gasteiger partial charge < -0.3 is 10.2 Å². The van der Waals surface area contributed by atoms with Crippen molar-refractivity contribution < 1.29 is 29.6 Å². The first-order valence-electron chi connectivity index (χ1n) is 5.30. The summed E-state index contributed by atoms with van der Waals surface area (Å²) in [5.41, 5.74) is 0. The van der Waals surface area contributed by atoms with E-state index in [9.17, 15) is 9.59 Å². The van der Waals surface area contributed by atoms with Gasteiger partial charge in [-0.15, -0.1) is 0 Å². The van der Waals surface area contributed by atoms with Crippen LogP contribution in [0.25, 0.3) is 0 Å². The lowest BCUT2D eigenvalue weighted by atomic mass is 10.2. The molecule has 0 spiro atoms. The Morgan fingerprint density at radius 2 is 1.94 bits per heavy atom. The molecule has 0 radical (unpaired) electrons. The number of carboxylic acid groups (broad SMARTS) is 2. The number of carbonyl (C=O) groups is 2. The quantitative estimate of drug-likeness (QED) is 0.337.